The van der Waals surface area contributed by atoms with Gasteiger partial charge in [-0.05, 0) is 31.4 Å². The normalized spacial score (nSPS) is 40.1. The number of ether oxygens (including phenoxy) is 1. The Hall–Kier alpha value is 0.230. The van der Waals surface area contributed by atoms with Crippen molar-refractivity contribution in [2.75, 3.05) is 25.5 Å². The Balaban J connectivity index is 1.87. The highest BCUT2D eigenvalue weighted by atomic mass is 32.2. The lowest BCUT2D eigenvalue weighted by molar-refractivity contribution is 0.0840. The fraction of sp³-hybridized carbons (Fsp3) is 1.00. The SMILES string of the molecule is CC1SCCCC1(CO)NCC1CCCO1. The Morgan fingerprint density at radius 3 is 3.00 bits per heavy atom. The lowest BCUT2D eigenvalue weighted by Crippen LogP contribution is -2.58. The van der Waals surface area contributed by atoms with Gasteiger partial charge < -0.3 is 15.2 Å². The first-order valence-electron chi connectivity index (χ1n) is 6.36. The summed E-state index contributed by atoms with van der Waals surface area (Å²) in [4.78, 5) is 0. The predicted octanol–water partition coefficient (Wildman–Crippen LogP) is 1.40. The van der Waals surface area contributed by atoms with E-state index in [-0.39, 0.29) is 12.1 Å². The van der Waals surface area contributed by atoms with E-state index in [1.54, 1.807) is 0 Å². The van der Waals surface area contributed by atoms with E-state index in [0.29, 0.717) is 11.4 Å². The van der Waals surface area contributed by atoms with Crippen LogP contribution in [0.3, 0.4) is 0 Å². The third-order valence-corrected chi connectivity index (χ3v) is 5.38. The van der Waals surface area contributed by atoms with Crippen LogP contribution in [0.5, 0.6) is 0 Å². The minimum absolute atomic E-state index is 0.0745. The molecule has 4 heteroatoms. The van der Waals surface area contributed by atoms with Gasteiger partial charge in [0.2, 0.25) is 0 Å². The van der Waals surface area contributed by atoms with Crippen LogP contribution in [0.2, 0.25) is 0 Å². The van der Waals surface area contributed by atoms with Crippen LogP contribution in [0, 0.1) is 0 Å². The van der Waals surface area contributed by atoms with Crippen molar-refractivity contribution < 1.29 is 9.84 Å². The van der Waals surface area contributed by atoms with Crippen molar-refractivity contribution >= 4 is 11.8 Å². The van der Waals surface area contributed by atoms with E-state index < -0.39 is 0 Å². The van der Waals surface area contributed by atoms with Gasteiger partial charge in [0, 0.05) is 18.4 Å². The zero-order chi connectivity index (χ0) is 11.4. The first kappa shape index (κ1) is 12.7. The second-order valence-corrected chi connectivity index (χ2v) is 6.40. The summed E-state index contributed by atoms with van der Waals surface area (Å²) in [6.07, 6.45) is 5.00. The minimum atomic E-state index is -0.0745. The molecule has 0 aromatic carbocycles. The van der Waals surface area contributed by atoms with E-state index in [4.69, 9.17) is 4.74 Å². The van der Waals surface area contributed by atoms with Gasteiger partial charge in [-0.3, -0.25) is 0 Å². The summed E-state index contributed by atoms with van der Waals surface area (Å²) in [5.74, 6) is 1.23. The molecule has 3 atom stereocenters. The van der Waals surface area contributed by atoms with E-state index >= 15 is 0 Å². The smallest absolute Gasteiger partial charge is 0.0700 e. The number of thioether (sulfide) groups is 1. The number of aliphatic hydroxyl groups is 1. The van der Waals surface area contributed by atoms with E-state index in [2.05, 4.69) is 12.2 Å². The molecule has 3 unspecified atom stereocenters. The molecule has 2 fully saturated rings. The van der Waals surface area contributed by atoms with Gasteiger partial charge in [-0.2, -0.15) is 11.8 Å². The third-order valence-electron chi connectivity index (χ3n) is 3.90. The second-order valence-electron chi connectivity index (χ2n) is 4.95. The molecule has 2 rings (SSSR count). The predicted molar refractivity (Wildman–Crippen MR) is 67.9 cm³/mol. The van der Waals surface area contributed by atoms with Crippen molar-refractivity contribution in [3.8, 4) is 0 Å². The fourth-order valence-corrected chi connectivity index (χ4v) is 3.89. The summed E-state index contributed by atoms with van der Waals surface area (Å²) in [7, 11) is 0. The molecule has 0 aromatic rings. The van der Waals surface area contributed by atoms with Crippen molar-refractivity contribution in [2.24, 2.45) is 0 Å². The Kier molecular flexibility index (Phi) is 4.53. The van der Waals surface area contributed by atoms with Crippen molar-refractivity contribution in [1.82, 2.24) is 5.32 Å². The molecule has 94 valence electrons. The van der Waals surface area contributed by atoms with E-state index in [1.807, 2.05) is 11.8 Å². The lowest BCUT2D eigenvalue weighted by atomic mass is 9.90. The first-order chi connectivity index (χ1) is 7.77. The molecule has 2 heterocycles. The molecule has 2 N–H and O–H groups in total. The fourth-order valence-electron chi connectivity index (χ4n) is 2.63. The van der Waals surface area contributed by atoms with Gasteiger partial charge in [-0.1, -0.05) is 6.92 Å². The van der Waals surface area contributed by atoms with Crippen LogP contribution in [0.25, 0.3) is 0 Å². The highest BCUT2D eigenvalue weighted by Crippen LogP contribution is 2.33. The van der Waals surface area contributed by atoms with Gasteiger partial charge in [0.05, 0.1) is 18.2 Å². The highest BCUT2D eigenvalue weighted by molar-refractivity contribution is 8.00. The zero-order valence-corrected chi connectivity index (χ0v) is 10.9. The van der Waals surface area contributed by atoms with Gasteiger partial charge in [-0.25, -0.2) is 0 Å². The molecule has 0 aromatic heterocycles. The van der Waals surface area contributed by atoms with Gasteiger partial charge in [-0.15, -0.1) is 0 Å². The average molecular weight is 245 g/mol. The van der Waals surface area contributed by atoms with Crippen molar-refractivity contribution in [3.63, 3.8) is 0 Å². The minimum Gasteiger partial charge on any atom is -0.394 e. The van der Waals surface area contributed by atoms with Crippen molar-refractivity contribution in [1.29, 1.82) is 0 Å². The van der Waals surface area contributed by atoms with Gasteiger partial charge >= 0.3 is 0 Å². The van der Waals surface area contributed by atoms with Gasteiger partial charge in [0.15, 0.2) is 0 Å². The molecule has 16 heavy (non-hydrogen) atoms. The molecular weight excluding hydrogens is 222 g/mol. The van der Waals surface area contributed by atoms with E-state index in [9.17, 15) is 5.11 Å². The third kappa shape index (κ3) is 2.73. The Labute approximate surface area is 102 Å². The molecule has 2 aliphatic rings. The Morgan fingerprint density at radius 1 is 1.50 bits per heavy atom. The van der Waals surface area contributed by atoms with Crippen LogP contribution in [0.1, 0.15) is 32.6 Å². The van der Waals surface area contributed by atoms with E-state index in [1.165, 1.54) is 18.6 Å². The summed E-state index contributed by atoms with van der Waals surface area (Å²) in [6, 6.07) is 0. The monoisotopic (exact) mass is 245 g/mol. The Morgan fingerprint density at radius 2 is 2.38 bits per heavy atom. The Bertz CT molecular complexity index is 221. The topological polar surface area (TPSA) is 41.5 Å². The number of rotatable bonds is 4. The largest absolute Gasteiger partial charge is 0.394 e. The van der Waals surface area contributed by atoms with Gasteiger partial charge in [0.1, 0.15) is 0 Å². The van der Waals surface area contributed by atoms with Crippen molar-refractivity contribution in [2.45, 2.75) is 49.5 Å². The highest BCUT2D eigenvalue weighted by Gasteiger charge is 2.38. The number of aliphatic hydroxyl groups excluding tert-OH is 1. The van der Waals surface area contributed by atoms with Crippen LogP contribution in [0.4, 0.5) is 0 Å². The van der Waals surface area contributed by atoms with Crippen molar-refractivity contribution in [3.05, 3.63) is 0 Å². The maximum absolute atomic E-state index is 9.67. The van der Waals surface area contributed by atoms with Crippen LogP contribution in [-0.2, 0) is 4.74 Å². The van der Waals surface area contributed by atoms with Gasteiger partial charge in [0.25, 0.3) is 0 Å². The van der Waals surface area contributed by atoms with Crippen LogP contribution in [-0.4, -0.2) is 47.5 Å². The number of hydrogen-bond acceptors (Lipinski definition) is 4. The standard InChI is InChI=1S/C12H23NO2S/c1-10-12(9-14,5-3-7-16-10)13-8-11-4-2-6-15-11/h10-11,13-14H,2-9H2,1H3. The lowest BCUT2D eigenvalue weighted by Gasteiger charge is -2.42. The average Bonchev–Trinajstić information content (AvgIpc) is 2.82. The first-order valence-corrected chi connectivity index (χ1v) is 7.41. The summed E-state index contributed by atoms with van der Waals surface area (Å²) in [5.41, 5.74) is -0.0745. The molecule has 2 aliphatic heterocycles. The maximum Gasteiger partial charge on any atom is 0.0700 e. The zero-order valence-electron chi connectivity index (χ0n) is 10.1. The second kappa shape index (κ2) is 5.71. The molecule has 0 radical (unpaired) electrons. The summed E-state index contributed by atoms with van der Waals surface area (Å²) in [6.45, 7) is 4.27. The van der Waals surface area contributed by atoms with Crippen LogP contribution < -0.4 is 5.32 Å². The molecule has 0 aliphatic carbocycles. The molecule has 0 amide bonds. The van der Waals surface area contributed by atoms with E-state index in [0.717, 1.165) is 26.0 Å². The number of hydrogen-bond donors (Lipinski definition) is 2. The molecule has 0 bridgehead atoms. The molecule has 0 spiro atoms. The summed E-state index contributed by atoms with van der Waals surface area (Å²) >= 11 is 1.97. The van der Waals surface area contributed by atoms with Crippen LogP contribution >= 0.6 is 11.8 Å². The number of nitrogens with one attached hydrogen (secondary N) is 1. The molecular formula is C12H23NO2S. The molecule has 0 saturated carbocycles. The quantitative estimate of drug-likeness (QED) is 0.785. The molecule has 2 saturated heterocycles. The molecule has 3 nitrogen and oxygen atoms in total. The van der Waals surface area contributed by atoms with Crippen LogP contribution in [0.15, 0.2) is 0 Å². The summed E-state index contributed by atoms with van der Waals surface area (Å²) < 4.78 is 5.62. The summed E-state index contributed by atoms with van der Waals surface area (Å²) in [5, 5.41) is 13.7. The maximum atomic E-state index is 9.67.